The predicted molar refractivity (Wildman–Crippen MR) is 130 cm³/mol. The molecule has 32 heavy (non-hydrogen) atoms. The molecule has 188 valence electrons. The van der Waals surface area contributed by atoms with Crippen molar-refractivity contribution in [1.82, 2.24) is 9.62 Å². The van der Waals surface area contributed by atoms with Crippen LogP contribution < -0.4 is 10.1 Å². The molecular weight excluding hydrogens is 431 g/mol. The number of rotatable bonds is 6. The van der Waals surface area contributed by atoms with Crippen molar-refractivity contribution in [2.75, 3.05) is 39.9 Å². The van der Waals surface area contributed by atoms with E-state index in [2.05, 4.69) is 5.32 Å². The molecule has 2 saturated heterocycles. The SMILES string of the molecule is CC.CC(F)Oc1ccc(S(=O)(=O)N2CC3CCCC3C2)cc1.CNCC1CCOCC1.[HH].[HH]. The summed E-state index contributed by atoms with van der Waals surface area (Å²) in [4.78, 5) is 0.251. The van der Waals surface area contributed by atoms with Gasteiger partial charge in [-0.05, 0) is 81.3 Å². The first kappa shape index (κ1) is 27.0. The first-order chi connectivity index (χ1) is 15.4. The molecule has 1 N–H and O–H groups in total. The molecule has 4 rings (SSSR count). The number of benzene rings is 1. The molecule has 3 atom stereocenters. The standard InChI is InChI=1S/C15H20FNO3S.C7H15NO.C2H6.2H2/c1-11(16)20-14-5-7-15(8-6-14)21(18,19)17-9-12-3-2-4-13(12)10-17;1-8-6-7-2-4-9-5-3-7;1-2;;/h5-8,11-13H,2-4,9-10H2,1H3;7-8H,2-6H2,1H3;1-2H3;2*1H. The Bertz CT molecular complexity index is 748. The van der Waals surface area contributed by atoms with Gasteiger partial charge < -0.3 is 14.8 Å². The molecule has 0 bridgehead atoms. The minimum atomic E-state index is -3.44. The Kier molecular flexibility index (Phi) is 11.4. The summed E-state index contributed by atoms with van der Waals surface area (Å²) >= 11 is 0. The van der Waals surface area contributed by atoms with Crippen LogP contribution in [0.2, 0.25) is 0 Å². The number of ether oxygens (including phenoxy) is 2. The summed E-state index contributed by atoms with van der Waals surface area (Å²) in [5.74, 6) is 2.25. The number of hydrogen-bond donors (Lipinski definition) is 1. The quantitative estimate of drug-likeness (QED) is 0.629. The van der Waals surface area contributed by atoms with E-state index in [0.717, 1.165) is 38.5 Å². The second-order valence-corrected chi connectivity index (χ2v) is 10.5. The maximum absolute atomic E-state index is 12.8. The maximum atomic E-state index is 12.8. The average Bonchev–Trinajstić information content (AvgIpc) is 3.40. The second-order valence-electron chi connectivity index (χ2n) is 8.52. The fourth-order valence-electron chi connectivity index (χ4n) is 4.65. The van der Waals surface area contributed by atoms with Crippen molar-refractivity contribution in [3.63, 3.8) is 0 Å². The lowest BCUT2D eigenvalue weighted by molar-refractivity contribution is 0.0669. The van der Waals surface area contributed by atoms with Crippen LogP contribution in [0.15, 0.2) is 29.2 Å². The molecule has 6 nitrogen and oxygen atoms in total. The number of nitrogens with zero attached hydrogens (tertiary/aromatic N) is 1. The number of nitrogens with one attached hydrogen (secondary N) is 1. The van der Waals surface area contributed by atoms with Gasteiger partial charge in [-0.1, -0.05) is 20.3 Å². The summed E-state index contributed by atoms with van der Waals surface area (Å²) in [7, 11) is -1.43. The van der Waals surface area contributed by atoms with Crippen LogP contribution in [-0.4, -0.2) is 59.0 Å². The zero-order chi connectivity index (χ0) is 23.6. The van der Waals surface area contributed by atoms with Gasteiger partial charge in [0.05, 0.1) is 4.90 Å². The van der Waals surface area contributed by atoms with E-state index in [1.807, 2.05) is 20.9 Å². The minimum Gasteiger partial charge on any atom is -0.461 e. The third-order valence-corrected chi connectivity index (χ3v) is 8.13. The Balaban J connectivity index is 0.000000713. The number of sulfonamides is 1. The molecule has 3 fully saturated rings. The average molecular weight is 477 g/mol. The van der Waals surface area contributed by atoms with Gasteiger partial charge in [0, 0.05) is 36.1 Å². The highest BCUT2D eigenvalue weighted by Crippen LogP contribution is 2.39. The van der Waals surface area contributed by atoms with Gasteiger partial charge in [0.15, 0.2) is 0 Å². The fourth-order valence-corrected chi connectivity index (χ4v) is 6.21. The van der Waals surface area contributed by atoms with E-state index in [4.69, 9.17) is 9.47 Å². The molecule has 8 heteroatoms. The summed E-state index contributed by atoms with van der Waals surface area (Å²) in [6, 6.07) is 5.97. The highest BCUT2D eigenvalue weighted by Gasteiger charge is 2.41. The normalized spacial score (nSPS) is 24.5. The van der Waals surface area contributed by atoms with E-state index in [1.54, 1.807) is 4.31 Å². The van der Waals surface area contributed by atoms with Gasteiger partial charge >= 0.3 is 0 Å². The molecule has 1 aromatic carbocycles. The molecule has 0 radical (unpaired) electrons. The van der Waals surface area contributed by atoms with Gasteiger partial charge in [0.25, 0.3) is 0 Å². The Hall–Kier alpha value is -1.22. The van der Waals surface area contributed by atoms with E-state index < -0.39 is 16.4 Å². The number of hydrogen-bond acceptors (Lipinski definition) is 5. The lowest BCUT2D eigenvalue weighted by Gasteiger charge is -2.21. The van der Waals surface area contributed by atoms with Crippen LogP contribution in [-0.2, 0) is 14.8 Å². The second kappa shape index (κ2) is 13.5. The van der Waals surface area contributed by atoms with E-state index in [1.165, 1.54) is 50.5 Å². The van der Waals surface area contributed by atoms with Gasteiger partial charge in [0.2, 0.25) is 16.4 Å². The van der Waals surface area contributed by atoms with Crippen LogP contribution in [0.5, 0.6) is 5.75 Å². The summed E-state index contributed by atoms with van der Waals surface area (Å²) in [6.45, 7) is 9.63. The van der Waals surface area contributed by atoms with Crippen molar-refractivity contribution in [3.05, 3.63) is 24.3 Å². The molecule has 1 aromatic rings. The zero-order valence-corrected chi connectivity index (χ0v) is 20.9. The van der Waals surface area contributed by atoms with Gasteiger partial charge in [-0.25, -0.2) is 12.8 Å². The van der Waals surface area contributed by atoms with Crippen molar-refractivity contribution < 1.29 is 25.1 Å². The van der Waals surface area contributed by atoms with Crippen LogP contribution in [0.4, 0.5) is 4.39 Å². The zero-order valence-electron chi connectivity index (χ0n) is 20.1. The van der Waals surface area contributed by atoms with Gasteiger partial charge in [-0.15, -0.1) is 0 Å². The Morgan fingerprint density at radius 2 is 1.69 bits per heavy atom. The third-order valence-electron chi connectivity index (χ3n) is 6.29. The van der Waals surface area contributed by atoms with Gasteiger partial charge in [0.1, 0.15) is 5.75 Å². The number of halogens is 1. The monoisotopic (exact) mass is 476 g/mol. The fraction of sp³-hybridized carbons (Fsp3) is 0.750. The first-order valence-electron chi connectivity index (χ1n) is 12.0. The highest BCUT2D eigenvalue weighted by molar-refractivity contribution is 7.89. The van der Waals surface area contributed by atoms with Crippen molar-refractivity contribution >= 4 is 10.0 Å². The maximum Gasteiger partial charge on any atom is 0.243 e. The van der Waals surface area contributed by atoms with Crippen molar-refractivity contribution in [3.8, 4) is 5.75 Å². The topological polar surface area (TPSA) is 67.9 Å². The molecule has 3 unspecified atom stereocenters. The van der Waals surface area contributed by atoms with E-state index >= 15 is 0 Å². The smallest absolute Gasteiger partial charge is 0.243 e. The molecule has 0 spiro atoms. The van der Waals surface area contributed by atoms with Crippen molar-refractivity contribution in [2.45, 2.75) is 64.1 Å². The summed E-state index contributed by atoms with van der Waals surface area (Å²) < 4.78 is 49.7. The van der Waals surface area contributed by atoms with Crippen LogP contribution in [0.1, 0.15) is 55.7 Å². The number of fused-ring (bicyclic) bond motifs is 1. The molecular formula is C24H45FN2O4S. The predicted octanol–water partition coefficient (Wildman–Crippen LogP) is 4.95. The summed E-state index contributed by atoms with van der Waals surface area (Å²) in [5.41, 5.74) is 0. The van der Waals surface area contributed by atoms with Gasteiger partial charge in [-0.3, -0.25) is 0 Å². The molecule has 2 heterocycles. The highest BCUT2D eigenvalue weighted by atomic mass is 32.2. The molecule has 1 saturated carbocycles. The van der Waals surface area contributed by atoms with Crippen LogP contribution in [0.3, 0.4) is 0 Å². The summed E-state index contributed by atoms with van der Waals surface area (Å²) in [5, 5.41) is 3.18. The van der Waals surface area contributed by atoms with Crippen LogP contribution in [0.25, 0.3) is 0 Å². The molecule has 3 aliphatic rings. The molecule has 0 aromatic heterocycles. The summed E-state index contributed by atoms with van der Waals surface area (Å²) in [6.07, 6.45) is 4.55. The molecule has 0 amide bonds. The Morgan fingerprint density at radius 3 is 2.19 bits per heavy atom. The minimum absolute atomic E-state index is 0. The van der Waals surface area contributed by atoms with E-state index in [9.17, 15) is 12.8 Å². The van der Waals surface area contributed by atoms with E-state index in [-0.39, 0.29) is 7.75 Å². The largest absolute Gasteiger partial charge is 0.461 e. The Labute approximate surface area is 196 Å². The lowest BCUT2D eigenvalue weighted by Crippen LogP contribution is -2.29. The van der Waals surface area contributed by atoms with Gasteiger partial charge in [-0.2, -0.15) is 4.31 Å². The van der Waals surface area contributed by atoms with Crippen molar-refractivity contribution in [1.29, 1.82) is 0 Å². The lowest BCUT2D eigenvalue weighted by atomic mass is 10.0. The van der Waals surface area contributed by atoms with Crippen molar-refractivity contribution in [2.24, 2.45) is 17.8 Å². The van der Waals surface area contributed by atoms with E-state index in [0.29, 0.717) is 30.7 Å². The third kappa shape index (κ3) is 7.68. The van der Waals surface area contributed by atoms with Crippen LogP contribution in [0, 0.1) is 17.8 Å². The molecule has 1 aliphatic carbocycles. The van der Waals surface area contributed by atoms with Crippen LogP contribution >= 0.6 is 0 Å². The molecule has 2 aliphatic heterocycles. The number of alkyl halides is 1. The Morgan fingerprint density at radius 1 is 1.12 bits per heavy atom. The first-order valence-corrected chi connectivity index (χ1v) is 13.5.